The average molecular weight is 478 g/mol. The number of hydrogen-bond acceptors (Lipinski definition) is 6. The van der Waals surface area contributed by atoms with Crippen LogP contribution in [0.5, 0.6) is 5.75 Å². The smallest absolute Gasteiger partial charge is 0.294 e. The van der Waals surface area contributed by atoms with Crippen LogP contribution in [0.25, 0.3) is 11.6 Å². The standard InChI is InChI=1S/C26H24F2N4O3/c1-30-9-11-31(12-10-30)29-24-8-5-17(14-25(24)32(33)34)13-21-19-3-2-4-23(28)22(19)16-35-26-15-18(27)6-7-20(21)26/h2-8,13-15,29H,9-12,16H2,1H3/b21-13+. The summed E-state index contributed by atoms with van der Waals surface area (Å²) < 4.78 is 34.3. The molecular weight excluding hydrogens is 454 g/mol. The molecule has 9 heteroatoms. The van der Waals surface area contributed by atoms with Crippen LogP contribution in [0, 0.1) is 21.7 Å². The third-order valence-corrected chi connectivity index (χ3v) is 6.33. The van der Waals surface area contributed by atoms with Gasteiger partial charge in [0.25, 0.3) is 5.69 Å². The van der Waals surface area contributed by atoms with Crippen LogP contribution < -0.4 is 10.2 Å². The molecule has 35 heavy (non-hydrogen) atoms. The number of ether oxygens (including phenoxy) is 1. The van der Waals surface area contributed by atoms with E-state index in [4.69, 9.17) is 4.74 Å². The fourth-order valence-corrected chi connectivity index (χ4v) is 4.39. The maximum absolute atomic E-state index is 14.6. The number of hydrazine groups is 1. The Morgan fingerprint density at radius 1 is 1.03 bits per heavy atom. The van der Waals surface area contributed by atoms with Crippen LogP contribution >= 0.6 is 0 Å². The zero-order chi connectivity index (χ0) is 24.5. The number of nitro benzene ring substituents is 1. The summed E-state index contributed by atoms with van der Waals surface area (Å²) >= 11 is 0. The lowest BCUT2D eigenvalue weighted by Crippen LogP contribution is -2.47. The van der Waals surface area contributed by atoms with Crippen molar-refractivity contribution in [3.63, 3.8) is 0 Å². The SMILES string of the molecule is CN1CCN(Nc2ccc(/C=C3/c4ccc(F)cc4OCc4c(F)cccc43)cc2[N+](=O)[O-])CC1. The normalized spacial score (nSPS) is 17.3. The molecule has 2 aliphatic heterocycles. The minimum absolute atomic E-state index is 0.0518. The van der Waals surface area contributed by atoms with Crippen molar-refractivity contribution in [3.05, 3.63) is 98.6 Å². The van der Waals surface area contributed by atoms with Crippen molar-refractivity contribution in [1.29, 1.82) is 0 Å². The minimum atomic E-state index is -0.468. The molecule has 0 atom stereocenters. The molecule has 0 spiro atoms. The zero-order valence-electron chi connectivity index (χ0n) is 19.1. The van der Waals surface area contributed by atoms with Gasteiger partial charge in [-0.05, 0) is 54.1 Å². The van der Waals surface area contributed by atoms with Crippen molar-refractivity contribution >= 4 is 23.0 Å². The van der Waals surface area contributed by atoms with Gasteiger partial charge in [-0.2, -0.15) is 0 Å². The van der Waals surface area contributed by atoms with E-state index in [0.29, 0.717) is 33.5 Å². The molecule has 1 fully saturated rings. The number of nitro groups is 1. The summed E-state index contributed by atoms with van der Waals surface area (Å²) in [6.07, 6.45) is 1.75. The highest BCUT2D eigenvalue weighted by Gasteiger charge is 2.23. The molecule has 1 N–H and O–H groups in total. The second kappa shape index (κ2) is 9.44. The lowest BCUT2D eigenvalue weighted by Gasteiger charge is -2.32. The van der Waals surface area contributed by atoms with Gasteiger partial charge in [0, 0.05) is 49.4 Å². The lowest BCUT2D eigenvalue weighted by molar-refractivity contribution is -0.384. The number of nitrogens with one attached hydrogen (secondary N) is 1. The van der Waals surface area contributed by atoms with Crippen LogP contribution in [0.2, 0.25) is 0 Å². The van der Waals surface area contributed by atoms with Crippen molar-refractivity contribution < 1.29 is 18.4 Å². The molecule has 0 bridgehead atoms. The fourth-order valence-electron chi connectivity index (χ4n) is 4.39. The number of halogens is 2. The summed E-state index contributed by atoms with van der Waals surface area (Å²) in [5.41, 5.74) is 6.18. The summed E-state index contributed by atoms with van der Waals surface area (Å²) in [6, 6.07) is 13.8. The van der Waals surface area contributed by atoms with Crippen LogP contribution in [-0.4, -0.2) is 48.1 Å². The summed E-state index contributed by atoms with van der Waals surface area (Å²) in [7, 11) is 2.04. The molecule has 0 radical (unpaired) electrons. The zero-order valence-corrected chi connectivity index (χ0v) is 19.1. The van der Waals surface area contributed by atoms with E-state index >= 15 is 0 Å². The molecule has 0 saturated carbocycles. The predicted molar refractivity (Wildman–Crippen MR) is 130 cm³/mol. The molecule has 2 heterocycles. The van der Waals surface area contributed by atoms with E-state index < -0.39 is 16.6 Å². The molecule has 7 nitrogen and oxygen atoms in total. The van der Waals surface area contributed by atoms with Crippen molar-refractivity contribution in [1.82, 2.24) is 9.91 Å². The Morgan fingerprint density at radius 2 is 1.83 bits per heavy atom. The van der Waals surface area contributed by atoms with E-state index in [0.717, 1.165) is 26.2 Å². The topological polar surface area (TPSA) is 70.9 Å². The van der Waals surface area contributed by atoms with E-state index in [2.05, 4.69) is 10.3 Å². The highest BCUT2D eigenvalue weighted by atomic mass is 19.1. The van der Waals surface area contributed by atoms with Gasteiger partial charge in [0.15, 0.2) is 0 Å². The number of likely N-dealkylation sites (N-methyl/N-ethyl adjacent to an activating group) is 1. The first kappa shape index (κ1) is 22.9. The molecular formula is C26H24F2N4O3. The van der Waals surface area contributed by atoms with Gasteiger partial charge in [-0.1, -0.05) is 18.2 Å². The van der Waals surface area contributed by atoms with E-state index in [1.54, 1.807) is 36.4 Å². The van der Waals surface area contributed by atoms with Gasteiger partial charge >= 0.3 is 0 Å². The summed E-state index contributed by atoms with van der Waals surface area (Å²) in [4.78, 5) is 13.7. The Kier molecular flexibility index (Phi) is 6.19. The molecule has 1 saturated heterocycles. The Labute approximate surface area is 201 Å². The minimum Gasteiger partial charge on any atom is -0.488 e. The van der Waals surface area contributed by atoms with E-state index in [9.17, 15) is 18.9 Å². The number of piperazine rings is 1. The Morgan fingerprint density at radius 3 is 2.60 bits per heavy atom. The molecule has 0 aromatic heterocycles. The Hall–Kier alpha value is -3.82. The summed E-state index contributed by atoms with van der Waals surface area (Å²) in [6.45, 7) is 3.17. The van der Waals surface area contributed by atoms with Gasteiger partial charge in [-0.25, -0.2) is 13.8 Å². The second-order valence-electron chi connectivity index (χ2n) is 8.69. The maximum Gasteiger partial charge on any atom is 0.294 e. The first-order valence-electron chi connectivity index (χ1n) is 11.3. The number of benzene rings is 3. The van der Waals surface area contributed by atoms with Gasteiger partial charge in [0.2, 0.25) is 0 Å². The first-order valence-corrected chi connectivity index (χ1v) is 11.3. The highest BCUT2D eigenvalue weighted by Crippen LogP contribution is 2.39. The molecule has 5 rings (SSSR count). The number of anilines is 1. The van der Waals surface area contributed by atoms with Crippen molar-refractivity contribution in [2.24, 2.45) is 0 Å². The highest BCUT2D eigenvalue weighted by molar-refractivity contribution is 5.95. The third kappa shape index (κ3) is 4.73. The number of fused-ring (bicyclic) bond motifs is 2. The molecule has 0 amide bonds. The van der Waals surface area contributed by atoms with E-state index in [1.165, 1.54) is 24.3 Å². The van der Waals surface area contributed by atoms with E-state index in [-0.39, 0.29) is 18.0 Å². The summed E-state index contributed by atoms with van der Waals surface area (Å²) in [5, 5.41) is 13.9. The Balaban J connectivity index is 1.57. The van der Waals surface area contributed by atoms with Crippen LogP contribution in [0.15, 0.2) is 54.6 Å². The third-order valence-electron chi connectivity index (χ3n) is 6.33. The Bertz CT molecular complexity index is 1320. The molecule has 0 aliphatic carbocycles. The van der Waals surface area contributed by atoms with Crippen LogP contribution in [-0.2, 0) is 6.61 Å². The van der Waals surface area contributed by atoms with Gasteiger partial charge in [-0.15, -0.1) is 0 Å². The van der Waals surface area contributed by atoms with Crippen LogP contribution in [0.3, 0.4) is 0 Å². The lowest BCUT2D eigenvalue weighted by atomic mass is 9.92. The monoisotopic (exact) mass is 478 g/mol. The quantitative estimate of drug-likeness (QED) is 0.424. The molecule has 2 aliphatic rings. The molecule has 3 aromatic carbocycles. The summed E-state index contributed by atoms with van der Waals surface area (Å²) in [5.74, 6) is -0.612. The number of hydrogen-bond donors (Lipinski definition) is 1. The first-order chi connectivity index (χ1) is 16.9. The van der Waals surface area contributed by atoms with Crippen molar-refractivity contribution in [2.75, 3.05) is 38.7 Å². The van der Waals surface area contributed by atoms with Gasteiger partial charge in [0.05, 0.1) is 4.92 Å². The largest absolute Gasteiger partial charge is 0.488 e. The average Bonchev–Trinajstić information content (AvgIpc) is 2.99. The van der Waals surface area contributed by atoms with Gasteiger partial charge in [-0.3, -0.25) is 10.1 Å². The number of nitrogens with zero attached hydrogens (tertiary/aromatic N) is 3. The molecule has 3 aromatic rings. The predicted octanol–water partition coefficient (Wildman–Crippen LogP) is 4.93. The van der Waals surface area contributed by atoms with Crippen LogP contribution in [0.4, 0.5) is 20.2 Å². The number of rotatable bonds is 4. The molecule has 0 unspecified atom stereocenters. The van der Waals surface area contributed by atoms with Gasteiger partial charge in [0.1, 0.15) is 29.7 Å². The van der Waals surface area contributed by atoms with Crippen molar-refractivity contribution in [2.45, 2.75) is 6.61 Å². The van der Waals surface area contributed by atoms with Crippen LogP contribution in [0.1, 0.15) is 22.3 Å². The van der Waals surface area contributed by atoms with Crippen molar-refractivity contribution in [3.8, 4) is 5.75 Å². The van der Waals surface area contributed by atoms with E-state index in [1.807, 2.05) is 12.1 Å². The molecule has 180 valence electrons. The fraction of sp³-hybridized carbons (Fsp3) is 0.231. The van der Waals surface area contributed by atoms with Gasteiger partial charge < -0.3 is 15.1 Å². The maximum atomic E-state index is 14.6. The second-order valence-corrected chi connectivity index (χ2v) is 8.69.